The third-order valence-electron chi connectivity index (χ3n) is 6.39. The minimum absolute atomic E-state index is 0.479. The lowest BCUT2D eigenvalue weighted by Crippen LogP contribution is -2.40. The first kappa shape index (κ1) is 47.1. The van der Waals surface area contributed by atoms with Gasteiger partial charge >= 0.3 is 50.5 Å². The van der Waals surface area contributed by atoms with Crippen molar-refractivity contribution < 1.29 is 114 Å². The van der Waals surface area contributed by atoms with Crippen molar-refractivity contribution in [3.63, 3.8) is 0 Å². The molecule has 0 saturated carbocycles. The van der Waals surface area contributed by atoms with Gasteiger partial charge in [0.1, 0.15) is 36.6 Å². The smallest absolute Gasteiger partial charge is 0.394 e. The molecule has 0 amide bonds. The Hall–Kier alpha value is -2.25. The quantitative estimate of drug-likeness (QED) is 0.0620. The maximum atomic E-state index is 12.0. The normalized spacial score (nSPS) is 30.5. The number of ether oxygens (including phenoxy) is 2. The van der Waals surface area contributed by atoms with E-state index in [9.17, 15) is 82.2 Å². The summed E-state index contributed by atoms with van der Waals surface area (Å²) in [5, 5.41) is 58.1. The van der Waals surface area contributed by atoms with Crippen LogP contribution in [0.5, 0.6) is 0 Å². The van der Waals surface area contributed by atoms with E-state index < -0.39 is 124 Å². The first-order valence-electron chi connectivity index (χ1n) is 13.8. The number of aliphatic hydroxyl groups excluding tert-OH is 6. The number of hydrogen-bond donors (Lipinski definition) is 14. The van der Waals surface area contributed by atoms with Crippen molar-refractivity contribution >= 4 is 39.1 Å². The first-order chi connectivity index (χ1) is 25.0. The van der Waals surface area contributed by atoms with E-state index >= 15 is 0 Å². The van der Waals surface area contributed by atoms with Gasteiger partial charge in [-0.05, 0) is 0 Å². The summed E-state index contributed by atoms with van der Waals surface area (Å²) < 4.78 is 86.2. The maximum absolute atomic E-state index is 12.0. The lowest BCUT2D eigenvalue weighted by molar-refractivity contribution is -0.161. The standard InChI is InChI=1S/C9H17N2O22P5.C9H12N2O6/c12-3-1-2-11(9(16)10-3)7-5(14)4(13)6(28-7)8(15)29-35(20,21)31-37(24,25)33-38(26,27)32-36(22,23)30-34(17,18)19;12-3-4-6(14)7(15)8(17-4)11-2-1-5(13)10-9(11)16/h1-2,4-8,13-15H,(H,20,21)(H,22,23)(H,24,25)(H,26,27)(H,10,12,16)(H2,17,18,19);1-2,4,6-8,12,14-15H,3H2,(H,10,13,16)/t4-,5+,6-,7+,8?;4-,6-,7-,8-/m01/s1. The fraction of sp³-hybridized carbons (Fsp3) is 0.556. The summed E-state index contributed by atoms with van der Waals surface area (Å²) in [7, 11) is -30.8. The average Bonchev–Trinajstić information content (AvgIpc) is 3.44. The van der Waals surface area contributed by atoms with E-state index in [1.165, 1.54) is 0 Å². The van der Waals surface area contributed by atoms with Crippen LogP contribution in [0.4, 0.5) is 0 Å². The van der Waals surface area contributed by atoms with Crippen molar-refractivity contribution in [3.05, 3.63) is 66.2 Å². The highest BCUT2D eigenvalue weighted by Gasteiger charge is 2.52. The van der Waals surface area contributed by atoms with Crippen molar-refractivity contribution in [1.82, 2.24) is 19.1 Å². The van der Waals surface area contributed by atoms with Gasteiger partial charge in [-0.2, -0.15) is 17.2 Å². The van der Waals surface area contributed by atoms with E-state index in [-0.39, 0.29) is 0 Å². The van der Waals surface area contributed by atoms with Crippen LogP contribution in [-0.2, 0) is 54.1 Å². The molecular formula is C18H29N4O28P5. The fourth-order valence-corrected chi connectivity index (χ4v) is 10.2. The Kier molecular flexibility index (Phi) is 15.2. The molecule has 37 heteroatoms. The number of H-pyrrole nitrogens is 2. The fourth-order valence-electron chi connectivity index (χ4n) is 4.30. The molecule has 2 aliphatic heterocycles. The number of phosphoric ester groups is 1. The van der Waals surface area contributed by atoms with Crippen LogP contribution < -0.4 is 22.5 Å². The number of nitrogens with zero attached hydrogens (tertiary/aromatic N) is 2. The van der Waals surface area contributed by atoms with Gasteiger partial charge in [0.15, 0.2) is 18.7 Å². The van der Waals surface area contributed by atoms with Crippen molar-refractivity contribution in [2.75, 3.05) is 6.61 Å². The third-order valence-corrected chi connectivity index (χ3v) is 13.5. The Morgan fingerprint density at radius 2 is 1.04 bits per heavy atom. The zero-order valence-corrected chi connectivity index (χ0v) is 30.7. The molecule has 2 aromatic heterocycles. The summed E-state index contributed by atoms with van der Waals surface area (Å²) in [5.41, 5.74) is -3.35. The second-order valence-corrected chi connectivity index (χ2v) is 18.0. The van der Waals surface area contributed by atoms with Crippen LogP contribution in [-0.4, -0.2) is 129 Å². The molecule has 14 N–H and O–H groups in total. The highest BCUT2D eigenvalue weighted by molar-refractivity contribution is 7.71. The van der Waals surface area contributed by atoms with Gasteiger partial charge in [-0.1, -0.05) is 0 Å². The van der Waals surface area contributed by atoms with Crippen LogP contribution in [0.15, 0.2) is 43.7 Å². The molecule has 2 aliphatic rings. The first-order valence-corrected chi connectivity index (χ1v) is 21.3. The van der Waals surface area contributed by atoms with Gasteiger partial charge in [0.05, 0.1) is 6.61 Å². The number of aromatic amines is 2. The Morgan fingerprint density at radius 1 is 0.636 bits per heavy atom. The molecule has 2 fully saturated rings. The van der Waals surface area contributed by atoms with Gasteiger partial charge in [-0.25, -0.2) is 32.4 Å². The summed E-state index contributed by atoms with van der Waals surface area (Å²) >= 11 is 0. The number of rotatable bonds is 14. The molecule has 314 valence electrons. The van der Waals surface area contributed by atoms with Crippen LogP contribution in [0.25, 0.3) is 0 Å². The van der Waals surface area contributed by atoms with Gasteiger partial charge in [0.2, 0.25) is 0 Å². The lowest BCUT2D eigenvalue weighted by atomic mass is 10.1. The molecule has 0 aliphatic carbocycles. The van der Waals surface area contributed by atoms with Crippen LogP contribution in [0.3, 0.4) is 0 Å². The number of hydrogen-bond acceptors (Lipinski definition) is 22. The molecule has 0 bridgehead atoms. The monoisotopic (exact) mass is 904 g/mol. The van der Waals surface area contributed by atoms with E-state index in [4.69, 9.17) is 29.3 Å². The Labute approximate surface area is 300 Å². The molecule has 5 unspecified atom stereocenters. The molecule has 4 heterocycles. The van der Waals surface area contributed by atoms with E-state index in [1.807, 2.05) is 4.98 Å². The largest absolute Gasteiger partial charge is 0.490 e. The summed E-state index contributed by atoms with van der Waals surface area (Å²) in [6.07, 6.45) is -13.9. The predicted octanol–water partition coefficient (Wildman–Crippen LogP) is -5.80. The second kappa shape index (κ2) is 17.7. The van der Waals surface area contributed by atoms with Gasteiger partial charge in [0.25, 0.3) is 11.1 Å². The van der Waals surface area contributed by atoms with Crippen LogP contribution >= 0.6 is 39.1 Å². The summed E-state index contributed by atoms with van der Waals surface area (Å²) in [5.74, 6) is 0. The number of nitrogens with one attached hydrogen (secondary N) is 2. The zero-order valence-electron chi connectivity index (χ0n) is 26.2. The van der Waals surface area contributed by atoms with Crippen LogP contribution in [0.1, 0.15) is 12.5 Å². The third kappa shape index (κ3) is 13.1. The number of aromatic nitrogens is 4. The second-order valence-electron chi connectivity index (χ2n) is 10.4. The molecule has 13 atom stereocenters. The molecule has 0 radical (unpaired) electrons. The summed E-state index contributed by atoms with van der Waals surface area (Å²) in [6, 6.07) is 1.90. The maximum Gasteiger partial charge on any atom is 0.490 e. The Balaban J connectivity index is 0.000000394. The number of phosphoric acid groups is 5. The molecule has 2 saturated heterocycles. The van der Waals surface area contributed by atoms with Crippen LogP contribution in [0.2, 0.25) is 0 Å². The number of aliphatic hydroxyl groups is 6. The highest BCUT2D eigenvalue weighted by Crippen LogP contribution is 2.73. The summed E-state index contributed by atoms with van der Waals surface area (Å²) in [6.45, 7) is -0.479. The molecule has 55 heavy (non-hydrogen) atoms. The molecular weight excluding hydrogens is 875 g/mol. The average molecular weight is 904 g/mol. The molecule has 2 aromatic rings. The van der Waals surface area contributed by atoms with Gasteiger partial charge in [-0.3, -0.25) is 33.2 Å². The molecule has 32 nitrogen and oxygen atoms in total. The van der Waals surface area contributed by atoms with Crippen molar-refractivity contribution in [2.24, 2.45) is 0 Å². The molecule has 4 rings (SSSR count). The van der Waals surface area contributed by atoms with E-state index in [0.29, 0.717) is 4.57 Å². The van der Waals surface area contributed by atoms with Gasteiger partial charge < -0.3 is 69.5 Å². The van der Waals surface area contributed by atoms with Crippen molar-refractivity contribution in [2.45, 2.75) is 55.4 Å². The minimum atomic E-state index is -6.36. The minimum Gasteiger partial charge on any atom is -0.394 e. The topological polar surface area (TPSA) is 502 Å². The Bertz CT molecular complexity index is 2160. The lowest BCUT2D eigenvalue weighted by Gasteiger charge is -2.24. The summed E-state index contributed by atoms with van der Waals surface area (Å²) in [4.78, 5) is 103. The molecule has 0 spiro atoms. The van der Waals surface area contributed by atoms with Gasteiger partial charge in [-0.15, -0.1) is 0 Å². The van der Waals surface area contributed by atoms with Crippen LogP contribution in [0, 0.1) is 0 Å². The highest BCUT2D eigenvalue weighted by atomic mass is 31.3. The Morgan fingerprint density at radius 3 is 1.44 bits per heavy atom. The van der Waals surface area contributed by atoms with E-state index in [1.54, 1.807) is 4.98 Å². The van der Waals surface area contributed by atoms with E-state index in [0.717, 1.165) is 29.1 Å². The SMILES string of the molecule is O=c1ccn([C@@H]2O[C@H](C(O)OP(=O)(O)OP(=O)(O)OP(=O)(O)OP(=O)(O)OP(=O)(O)O)[C@@H](O)[C@H]2O)c(=O)[nH]1.O=c1ccn([C@@H]2O[C@H](CO)[C@@H](O)[C@H]2O)c(=O)[nH]1. The molecule has 0 aromatic carbocycles. The zero-order chi connectivity index (χ0) is 42.1. The van der Waals surface area contributed by atoms with Gasteiger partial charge in [0, 0.05) is 24.5 Å². The predicted molar refractivity (Wildman–Crippen MR) is 164 cm³/mol. The van der Waals surface area contributed by atoms with E-state index in [2.05, 4.69) is 21.8 Å². The van der Waals surface area contributed by atoms with Crippen molar-refractivity contribution in [3.8, 4) is 0 Å². The van der Waals surface area contributed by atoms with Crippen molar-refractivity contribution in [1.29, 1.82) is 0 Å².